The molecule has 0 unspecified atom stereocenters. The highest BCUT2D eigenvalue weighted by Gasteiger charge is 2.09. The van der Waals surface area contributed by atoms with E-state index in [1.807, 2.05) is 25.1 Å². The summed E-state index contributed by atoms with van der Waals surface area (Å²) >= 11 is 0. The molecule has 1 aliphatic carbocycles. The molecule has 2 nitrogen and oxygen atoms in total. The third-order valence-corrected chi connectivity index (χ3v) is 1.75. The van der Waals surface area contributed by atoms with E-state index in [0.29, 0.717) is 0 Å². The van der Waals surface area contributed by atoms with Gasteiger partial charge in [0.25, 0.3) is 0 Å². The Balaban J connectivity index is 3.02. The largest absolute Gasteiger partial charge is 0.192 e. The van der Waals surface area contributed by atoms with Crippen LogP contribution in [-0.4, -0.2) is 0 Å². The summed E-state index contributed by atoms with van der Waals surface area (Å²) in [7, 11) is 0. The molecule has 0 radical (unpaired) electrons. The van der Waals surface area contributed by atoms with E-state index in [9.17, 15) is 0 Å². The zero-order valence-corrected chi connectivity index (χ0v) is 6.39. The molecule has 0 amide bonds. The van der Waals surface area contributed by atoms with Crippen molar-refractivity contribution in [1.82, 2.24) is 0 Å². The molecule has 0 aliphatic heterocycles. The molecule has 0 aromatic heterocycles. The number of allylic oxidation sites excluding steroid dienone is 4. The Morgan fingerprint density at radius 1 is 1.36 bits per heavy atom. The van der Waals surface area contributed by atoms with Crippen LogP contribution in [0, 0.1) is 22.7 Å². The lowest BCUT2D eigenvalue weighted by molar-refractivity contribution is 1.00. The standard InChI is InChI=1S/C9H8N2/c1-7-2-3-8(4-7)9(5-10)6-11/h4H,2-3H2,1H3. The molecule has 0 bridgehead atoms. The fourth-order valence-electron chi connectivity index (χ4n) is 1.14. The van der Waals surface area contributed by atoms with E-state index >= 15 is 0 Å². The van der Waals surface area contributed by atoms with Crippen molar-refractivity contribution in [3.8, 4) is 12.1 Å². The van der Waals surface area contributed by atoms with E-state index in [1.54, 1.807) is 0 Å². The molecule has 1 aliphatic rings. The van der Waals surface area contributed by atoms with Crippen LogP contribution in [0.1, 0.15) is 19.8 Å². The number of nitriles is 2. The molecule has 2 heteroatoms. The average Bonchev–Trinajstić information content (AvgIpc) is 2.39. The molecular formula is C9H8N2. The minimum atomic E-state index is 0.266. The SMILES string of the molecule is CC1=CC(=C(C#N)C#N)CC1. The van der Waals surface area contributed by atoms with Crippen LogP contribution in [-0.2, 0) is 0 Å². The van der Waals surface area contributed by atoms with Gasteiger partial charge in [0.1, 0.15) is 17.7 Å². The van der Waals surface area contributed by atoms with Crippen molar-refractivity contribution in [2.45, 2.75) is 19.8 Å². The maximum Gasteiger partial charge on any atom is 0.132 e. The van der Waals surface area contributed by atoms with E-state index in [1.165, 1.54) is 5.57 Å². The van der Waals surface area contributed by atoms with Crippen molar-refractivity contribution in [3.63, 3.8) is 0 Å². The Morgan fingerprint density at radius 3 is 2.36 bits per heavy atom. The van der Waals surface area contributed by atoms with Crippen molar-refractivity contribution in [3.05, 3.63) is 22.8 Å². The minimum Gasteiger partial charge on any atom is -0.192 e. The third-order valence-electron chi connectivity index (χ3n) is 1.75. The highest BCUT2D eigenvalue weighted by Crippen LogP contribution is 2.24. The van der Waals surface area contributed by atoms with Crippen molar-refractivity contribution in [2.75, 3.05) is 0 Å². The number of hydrogen-bond donors (Lipinski definition) is 0. The molecule has 1 rings (SSSR count). The third kappa shape index (κ3) is 1.48. The highest BCUT2D eigenvalue weighted by molar-refractivity contribution is 5.47. The van der Waals surface area contributed by atoms with Gasteiger partial charge in [0.05, 0.1) is 0 Å². The van der Waals surface area contributed by atoms with Gasteiger partial charge in [-0.25, -0.2) is 0 Å². The Morgan fingerprint density at radius 2 is 2.00 bits per heavy atom. The summed E-state index contributed by atoms with van der Waals surface area (Å²) in [5, 5.41) is 17.0. The number of hydrogen-bond acceptors (Lipinski definition) is 2. The lowest BCUT2D eigenvalue weighted by Crippen LogP contribution is -1.79. The molecule has 0 saturated heterocycles. The predicted molar refractivity (Wildman–Crippen MR) is 41.2 cm³/mol. The zero-order chi connectivity index (χ0) is 8.27. The second-order valence-electron chi connectivity index (χ2n) is 2.61. The molecule has 0 N–H and O–H groups in total. The molecule has 0 heterocycles. The van der Waals surface area contributed by atoms with Crippen LogP contribution in [0.15, 0.2) is 22.8 Å². The van der Waals surface area contributed by atoms with Gasteiger partial charge in [0.15, 0.2) is 0 Å². The Kier molecular flexibility index (Phi) is 2.09. The summed E-state index contributed by atoms with van der Waals surface area (Å²) in [5.41, 5.74) is 2.41. The topological polar surface area (TPSA) is 47.6 Å². The maximum absolute atomic E-state index is 8.51. The average molecular weight is 144 g/mol. The van der Waals surface area contributed by atoms with Gasteiger partial charge in [-0.1, -0.05) is 11.6 Å². The van der Waals surface area contributed by atoms with Crippen LogP contribution < -0.4 is 0 Å². The quantitative estimate of drug-likeness (QED) is 0.488. The number of rotatable bonds is 0. The summed E-state index contributed by atoms with van der Waals surface area (Å²) < 4.78 is 0. The van der Waals surface area contributed by atoms with Crippen LogP contribution >= 0.6 is 0 Å². The van der Waals surface area contributed by atoms with Crippen molar-refractivity contribution in [2.24, 2.45) is 0 Å². The molecule has 11 heavy (non-hydrogen) atoms. The van der Waals surface area contributed by atoms with Gasteiger partial charge in [-0.3, -0.25) is 0 Å². The van der Waals surface area contributed by atoms with E-state index < -0.39 is 0 Å². The summed E-state index contributed by atoms with van der Waals surface area (Å²) in [5.74, 6) is 0. The molecule has 0 atom stereocenters. The smallest absolute Gasteiger partial charge is 0.132 e. The molecule has 0 saturated carbocycles. The summed E-state index contributed by atoms with van der Waals surface area (Å²) in [6.45, 7) is 2.01. The Hall–Kier alpha value is -1.54. The zero-order valence-electron chi connectivity index (χ0n) is 6.39. The Labute approximate surface area is 66.1 Å². The van der Waals surface area contributed by atoms with Crippen LogP contribution in [0.4, 0.5) is 0 Å². The van der Waals surface area contributed by atoms with Gasteiger partial charge in [-0.05, 0) is 25.3 Å². The van der Waals surface area contributed by atoms with Crippen molar-refractivity contribution < 1.29 is 0 Å². The second-order valence-corrected chi connectivity index (χ2v) is 2.61. The monoisotopic (exact) mass is 144 g/mol. The van der Waals surface area contributed by atoms with Gasteiger partial charge < -0.3 is 0 Å². The van der Waals surface area contributed by atoms with Crippen LogP contribution in [0.25, 0.3) is 0 Å². The normalized spacial score (nSPS) is 15.2. The fraction of sp³-hybridized carbons (Fsp3) is 0.333. The first-order valence-corrected chi connectivity index (χ1v) is 3.48. The van der Waals surface area contributed by atoms with Gasteiger partial charge in [0.2, 0.25) is 0 Å². The van der Waals surface area contributed by atoms with Crippen molar-refractivity contribution in [1.29, 1.82) is 10.5 Å². The molecule has 0 spiro atoms. The van der Waals surface area contributed by atoms with Gasteiger partial charge in [0, 0.05) is 0 Å². The first-order valence-electron chi connectivity index (χ1n) is 3.48. The Bertz CT molecular complexity index is 291. The minimum absolute atomic E-state index is 0.266. The van der Waals surface area contributed by atoms with E-state index in [4.69, 9.17) is 10.5 Å². The van der Waals surface area contributed by atoms with E-state index in [0.717, 1.165) is 18.4 Å². The van der Waals surface area contributed by atoms with E-state index in [2.05, 4.69) is 0 Å². The fourth-order valence-corrected chi connectivity index (χ4v) is 1.14. The number of nitrogens with zero attached hydrogens (tertiary/aromatic N) is 2. The highest BCUT2D eigenvalue weighted by atomic mass is 14.3. The summed E-state index contributed by atoms with van der Waals surface area (Å²) in [6, 6.07) is 3.78. The molecular weight excluding hydrogens is 136 g/mol. The summed E-state index contributed by atoms with van der Waals surface area (Å²) in [6.07, 6.45) is 3.77. The maximum atomic E-state index is 8.51. The lowest BCUT2D eigenvalue weighted by Gasteiger charge is -1.88. The van der Waals surface area contributed by atoms with Crippen LogP contribution in [0.5, 0.6) is 0 Å². The van der Waals surface area contributed by atoms with Gasteiger partial charge in [-0.15, -0.1) is 0 Å². The first kappa shape index (κ1) is 7.57. The molecule has 0 aromatic carbocycles. The molecule has 0 aromatic rings. The van der Waals surface area contributed by atoms with Gasteiger partial charge in [-0.2, -0.15) is 10.5 Å². The second kappa shape index (κ2) is 3.03. The van der Waals surface area contributed by atoms with Gasteiger partial charge >= 0.3 is 0 Å². The van der Waals surface area contributed by atoms with Crippen molar-refractivity contribution >= 4 is 0 Å². The van der Waals surface area contributed by atoms with E-state index in [-0.39, 0.29) is 5.57 Å². The van der Waals surface area contributed by atoms with Crippen LogP contribution in [0.3, 0.4) is 0 Å². The first-order chi connectivity index (χ1) is 5.27. The molecule has 54 valence electrons. The summed E-state index contributed by atoms with van der Waals surface area (Å²) in [4.78, 5) is 0. The van der Waals surface area contributed by atoms with Crippen LogP contribution in [0.2, 0.25) is 0 Å². The lowest BCUT2D eigenvalue weighted by atomic mass is 10.1. The molecule has 0 fully saturated rings. The predicted octanol–water partition coefficient (Wildman–Crippen LogP) is 2.07.